The molecule has 0 fully saturated rings. The van der Waals surface area contributed by atoms with Gasteiger partial charge in [-0.2, -0.15) is 9.97 Å². The number of sulfone groups is 1. The maximum atomic E-state index is 13.0. The predicted molar refractivity (Wildman–Crippen MR) is 158 cm³/mol. The van der Waals surface area contributed by atoms with Crippen LogP contribution in [0.15, 0.2) is 11.2 Å². The van der Waals surface area contributed by atoms with E-state index in [1.165, 1.54) is 6.07 Å². The molecule has 0 spiro atoms. The Kier molecular flexibility index (Phi) is 16.7. The number of aromatic nitrogens is 2. The Labute approximate surface area is 255 Å². The molecular weight excluding hydrogens is 630 g/mol. The van der Waals surface area contributed by atoms with Crippen molar-refractivity contribution in [3.05, 3.63) is 6.07 Å². The lowest BCUT2D eigenvalue weighted by Gasteiger charge is -2.24. The van der Waals surface area contributed by atoms with Crippen molar-refractivity contribution in [1.82, 2.24) is 9.97 Å². The van der Waals surface area contributed by atoms with E-state index < -0.39 is 67.6 Å². The second-order valence-corrected chi connectivity index (χ2v) is 16.5. The molecule has 0 saturated heterocycles. The smallest absolute Gasteiger partial charge is 0.356 e. The lowest BCUT2D eigenvalue weighted by atomic mass is 10.4. The summed E-state index contributed by atoms with van der Waals surface area (Å²) in [5, 5.41) is 9.21. The van der Waals surface area contributed by atoms with Crippen molar-refractivity contribution >= 4 is 25.0 Å². The van der Waals surface area contributed by atoms with Gasteiger partial charge in [0.05, 0.1) is 43.2 Å². The van der Waals surface area contributed by atoms with Gasteiger partial charge in [-0.1, -0.05) is 0 Å². The molecular formula is C25H48N2O13P2S. The molecule has 1 heterocycles. The summed E-state index contributed by atoms with van der Waals surface area (Å²) in [7, 11) is -11.1. The van der Waals surface area contributed by atoms with Crippen LogP contribution in [0.5, 0.6) is 11.8 Å². The van der Waals surface area contributed by atoms with Gasteiger partial charge in [0.2, 0.25) is 21.6 Å². The number of rotatable bonds is 22. The van der Waals surface area contributed by atoms with E-state index in [9.17, 15) is 22.7 Å². The van der Waals surface area contributed by atoms with Crippen molar-refractivity contribution in [1.29, 1.82) is 0 Å². The summed E-state index contributed by atoms with van der Waals surface area (Å²) < 4.78 is 94.6. The van der Waals surface area contributed by atoms with Crippen molar-refractivity contribution in [2.75, 3.05) is 38.8 Å². The fourth-order valence-electron chi connectivity index (χ4n) is 3.15. The predicted octanol–water partition coefficient (Wildman–Crippen LogP) is 4.42. The minimum absolute atomic E-state index is 0.105. The molecule has 0 amide bonds. The van der Waals surface area contributed by atoms with E-state index in [-0.39, 0.29) is 43.5 Å². The van der Waals surface area contributed by atoms with Crippen LogP contribution in [-0.2, 0) is 46.5 Å². The standard InChI is InChI=1S/C25H48N2O13P2S/c1-17(2)37-41(29,38-18(3)4)15-35-21(9)13-33-23-11-24(27-25(26-23)43(10,31)32)34-14-22(12-28)36-16-42(30,39-19(5)6)40-20(7)8/h11,17-22,28H,12-16H2,1-10H3/t21-,22+/m0/s1. The van der Waals surface area contributed by atoms with E-state index in [0.717, 1.165) is 6.26 Å². The average Bonchev–Trinajstić information content (AvgIpc) is 2.83. The van der Waals surface area contributed by atoms with Gasteiger partial charge in [-0.25, -0.2) is 8.42 Å². The Bertz CT molecular complexity index is 1150. The molecule has 0 aliphatic rings. The van der Waals surface area contributed by atoms with Crippen LogP contribution in [-0.4, -0.2) is 98.9 Å². The fourth-order valence-corrected chi connectivity index (χ4v) is 7.41. The van der Waals surface area contributed by atoms with E-state index >= 15 is 0 Å². The number of hydrogen-bond acceptors (Lipinski definition) is 15. The van der Waals surface area contributed by atoms with Crippen molar-refractivity contribution in [2.45, 2.75) is 104 Å². The largest absolute Gasteiger partial charge is 0.475 e. The third-order valence-corrected chi connectivity index (χ3v) is 9.30. The molecule has 1 rings (SSSR count). The van der Waals surface area contributed by atoms with E-state index in [0.29, 0.717) is 0 Å². The zero-order chi connectivity index (χ0) is 33.0. The molecule has 0 aliphatic heterocycles. The molecule has 252 valence electrons. The molecule has 2 atom stereocenters. The van der Waals surface area contributed by atoms with Crippen molar-refractivity contribution in [3.63, 3.8) is 0 Å². The monoisotopic (exact) mass is 678 g/mol. The number of aliphatic hydroxyl groups excluding tert-OH is 1. The Morgan fingerprint density at radius 1 is 0.721 bits per heavy atom. The highest BCUT2D eigenvalue weighted by atomic mass is 32.2. The molecule has 0 aliphatic carbocycles. The molecule has 1 N–H and O–H groups in total. The molecule has 0 saturated carbocycles. The van der Waals surface area contributed by atoms with Gasteiger partial charge in [0.15, 0.2) is 0 Å². The highest BCUT2D eigenvalue weighted by molar-refractivity contribution is 7.90. The zero-order valence-electron chi connectivity index (χ0n) is 26.6. The summed E-state index contributed by atoms with van der Waals surface area (Å²) in [5.74, 6) is -0.316. The molecule has 1 aromatic rings. The summed E-state index contributed by atoms with van der Waals surface area (Å²) in [6.07, 6.45) is -2.94. The van der Waals surface area contributed by atoms with E-state index in [2.05, 4.69) is 9.97 Å². The summed E-state index contributed by atoms with van der Waals surface area (Å²) in [5.41, 5.74) is 0. The van der Waals surface area contributed by atoms with Crippen LogP contribution in [0.2, 0.25) is 0 Å². The SMILES string of the molecule is CC(C)OP(=O)(CO[C@H](CO)COc1cc(OC[C@H](C)OCP(=O)(OC(C)C)OC(C)C)nc(S(C)(=O)=O)n1)OC(C)C. The molecule has 0 unspecified atom stereocenters. The van der Waals surface area contributed by atoms with Gasteiger partial charge in [-0.3, -0.25) is 9.13 Å². The van der Waals surface area contributed by atoms with Gasteiger partial charge in [-0.15, -0.1) is 0 Å². The third kappa shape index (κ3) is 16.6. The average molecular weight is 679 g/mol. The van der Waals surface area contributed by atoms with E-state index in [1.807, 2.05) is 0 Å². The first-order valence-corrected chi connectivity index (χ1v) is 19.2. The first kappa shape index (κ1) is 39.8. The van der Waals surface area contributed by atoms with Gasteiger partial charge in [0, 0.05) is 6.26 Å². The summed E-state index contributed by atoms with van der Waals surface area (Å²) in [6, 6.07) is 1.25. The van der Waals surface area contributed by atoms with Crippen molar-refractivity contribution < 1.29 is 59.7 Å². The van der Waals surface area contributed by atoms with Crippen LogP contribution in [0.25, 0.3) is 0 Å². The fraction of sp³-hybridized carbons (Fsp3) is 0.840. The maximum Gasteiger partial charge on any atom is 0.356 e. The van der Waals surface area contributed by atoms with Crippen LogP contribution in [0.4, 0.5) is 0 Å². The van der Waals surface area contributed by atoms with Crippen LogP contribution >= 0.6 is 15.2 Å². The van der Waals surface area contributed by atoms with Crippen LogP contribution in [0.3, 0.4) is 0 Å². The molecule has 0 aromatic carbocycles. The topological polar surface area (TPSA) is 188 Å². The highest BCUT2D eigenvalue weighted by Gasteiger charge is 2.31. The molecule has 15 nitrogen and oxygen atoms in total. The second-order valence-electron chi connectivity index (χ2n) is 10.8. The van der Waals surface area contributed by atoms with E-state index in [1.54, 1.807) is 62.3 Å². The van der Waals surface area contributed by atoms with E-state index in [4.69, 9.17) is 37.0 Å². The molecule has 0 bridgehead atoms. The maximum absolute atomic E-state index is 13.0. The normalized spacial score (nSPS) is 14.6. The third-order valence-electron chi connectivity index (χ3n) is 4.55. The van der Waals surface area contributed by atoms with Gasteiger partial charge in [-0.05, 0) is 62.3 Å². The Balaban J connectivity index is 2.93. The van der Waals surface area contributed by atoms with Gasteiger partial charge < -0.3 is 42.1 Å². The zero-order valence-corrected chi connectivity index (χ0v) is 29.2. The number of nitrogens with zero attached hydrogens (tertiary/aromatic N) is 2. The molecule has 43 heavy (non-hydrogen) atoms. The number of aliphatic hydroxyl groups is 1. The summed E-state index contributed by atoms with van der Waals surface area (Å²) in [6.45, 7) is 14.5. The quantitative estimate of drug-likeness (QED) is 0.134. The Hall–Kier alpha value is -1.19. The van der Waals surface area contributed by atoms with Crippen molar-refractivity contribution in [2.24, 2.45) is 0 Å². The first-order valence-electron chi connectivity index (χ1n) is 13.9. The summed E-state index contributed by atoms with van der Waals surface area (Å²) in [4.78, 5) is 7.83. The number of ether oxygens (including phenoxy) is 4. The van der Waals surface area contributed by atoms with Gasteiger partial charge >= 0.3 is 15.2 Å². The van der Waals surface area contributed by atoms with Gasteiger partial charge in [0.25, 0.3) is 5.16 Å². The Morgan fingerprint density at radius 3 is 1.49 bits per heavy atom. The highest BCUT2D eigenvalue weighted by Crippen LogP contribution is 2.51. The van der Waals surface area contributed by atoms with Crippen molar-refractivity contribution in [3.8, 4) is 11.8 Å². The van der Waals surface area contributed by atoms with Crippen LogP contribution in [0.1, 0.15) is 62.3 Å². The van der Waals surface area contributed by atoms with Crippen LogP contribution < -0.4 is 9.47 Å². The number of hydrogen-bond donors (Lipinski definition) is 1. The minimum atomic E-state index is -3.87. The minimum Gasteiger partial charge on any atom is -0.475 e. The molecule has 0 radical (unpaired) electrons. The molecule has 18 heteroatoms. The molecule has 1 aromatic heterocycles. The summed E-state index contributed by atoms with van der Waals surface area (Å²) >= 11 is 0. The lowest BCUT2D eigenvalue weighted by Crippen LogP contribution is -2.27. The Morgan fingerprint density at radius 2 is 1.12 bits per heavy atom. The van der Waals surface area contributed by atoms with Crippen LogP contribution in [0, 0.1) is 0 Å². The first-order chi connectivity index (χ1) is 19.8. The lowest BCUT2D eigenvalue weighted by molar-refractivity contribution is -0.00631. The van der Waals surface area contributed by atoms with Gasteiger partial charge in [0.1, 0.15) is 32.0 Å². The second kappa shape index (κ2) is 18.1.